The van der Waals surface area contributed by atoms with Crippen LogP contribution < -0.4 is 5.73 Å². The SMILES string of the molecule is COC(=O)C1=C(N)OC2=C(C(=O)CC2)[C@H]1c1ccccc1. The van der Waals surface area contributed by atoms with Gasteiger partial charge in [0.05, 0.1) is 13.0 Å². The lowest BCUT2D eigenvalue weighted by atomic mass is 9.82. The monoisotopic (exact) mass is 285 g/mol. The van der Waals surface area contributed by atoms with Crippen molar-refractivity contribution in [3.63, 3.8) is 0 Å². The Labute approximate surface area is 122 Å². The summed E-state index contributed by atoms with van der Waals surface area (Å²) in [5, 5.41) is 0. The molecule has 108 valence electrons. The Morgan fingerprint density at radius 1 is 1.29 bits per heavy atom. The minimum atomic E-state index is -0.576. The van der Waals surface area contributed by atoms with Crippen LogP contribution in [0.15, 0.2) is 53.1 Å². The molecule has 0 saturated heterocycles. The highest BCUT2D eigenvalue weighted by molar-refractivity contribution is 6.04. The van der Waals surface area contributed by atoms with Gasteiger partial charge in [-0.15, -0.1) is 0 Å². The standard InChI is InChI=1S/C16H15NO4/c1-20-16(19)14-12(9-5-3-2-4-6-9)13-10(18)7-8-11(13)21-15(14)17/h2-6,12H,7-8,17H2,1H3/t12-/m1/s1. The van der Waals surface area contributed by atoms with Gasteiger partial charge in [-0.2, -0.15) is 0 Å². The number of hydrogen-bond acceptors (Lipinski definition) is 5. The first kappa shape index (κ1) is 13.4. The van der Waals surface area contributed by atoms with Crippen LogP contribution in [0.3, 0.4) is 0 Å². The largest absolute Gasteiger partial charge is 0.465 e. The van der Waals surface area contributed by atoms with Crippen LogP contribution in [0.5, 0.6) is 0 Å². The molecule has 1 aliphatic carbocycles. The van der Waals surface area contributed by atoms with Crippen LogP contribution in [-0.2, 0) is 19.1 Å². The minimum absolute atomic E-state index is 0.00671. The molecule has 1 aliphatic heterocycles. The van der Waals surface area contributed by atoms with Crippen molar-refractivity contribution in [1.82, 2.24) is 0 Å². The molecular weight excluding hydrogens is 270 g/mol. The number of allylic oxidation sites excluding steroid dienone is 2. The van der Waals surface area contributed by atoms with E-state index in [1.807, 2.05) is 30.3 Å². The maximum atomic E-state index is 12.2. The molecule has 3 rings (SSSR count). The molecule has 0 aromatic heterocycles. The zero-order valence-corrected chi connectivity index (χ0v) is 11.6. The molecule has 2 N–H and O–H groups in total. The number of esters is 1. The maximum absolute atomic E-state index is 12.2. The van der Waals surface area contributed by atoms with Crippen LogP contribution in [0, 0.1) is 0 Å². The Morgan fingerprint density at radius 2 is 2.00 bits per heavy atom. The molecule has 0 amide bonds. The molecule has 1 aromatic rings. The van der Waals surface area contributed by atoms with E-state index in [2.05, 4.69) is 0 Å². The summed E-state index contributed by atoms with van der Waals surface area (Å²) in [6.45, 7) is 0. The molecule has 5 nitrogen and oxygen atoms in total. The first-order valence-electron chi connectivity index (χ1n) is 6.70. The van der Waals surface area contributed by atoms with Gasteiger partial charge in [0.2, 0.25) is 5.88 Å². The molecule has 0 bridgehead atoms. The Kier molecular flexibility index (Phi) is 3.25. The van der Waals surface area contributed by atoms with Crippen LogP contribution in [0.1, 0.15) is 24.3 Å². The van der Waals surface area contributed by atoms with Gasteiger partial charge in [0.1, 0.15) is 11.3 Å². The summed E-state index contributed by atoms with van der Waals surface area (Å²) in [6.07, 6.45) is 0.905. The van der Waals surface area contributed by atoms with Crippen molar-refractivity contribution < 1.29 is 19.1 Å². The van der Waals surface area contributed by atoms with E-state index >= 15 is 0 Å². The van der Waals surface area contributed by atoms with E-state index in [0.29, 0.717) is 24.2 Å². The van der Waals surface area contributed by atoms with Crippen LogP contribution in [0.25, 0.3) is 0 Å². The summed E-state index contributed by atoms with van der Waals surface area (Å²) in [7, 11) is 1.28. The summed E-state index contributed by atoms with van der Waals surface area (Å²) in [5.41, 5.74) is 7.44. The second kappa shape index (κ2) is 5.09. The summed E-state index contributed by atoms with van der Waals surface area (Å²) in [4.78, 5) is 24.3. The van der Waals surface area contributed by atoms with E-state index in [9.17, 15) is 9.59 Å². The predicted molar refractivity (Wildman–Crippen MR) is 74.8 cm³/mol. The lowest BCUT2D eigenvalue weighted by Gasteiger charge is -2.27. The summed E-state index contributed by atoms with van der Waals surface area (Å²) >= 11 is 0. The van der Waals surface area contributed by atoms with Crippen LogP contribution >= 0.6 is 0 Å². The topological polar surface area (TPSA) is 78.6 Å². The van der Waals surface area contributed by atoms with Gasteiger partial charge in [0, 0.05) is 18.4 Å². The van der Waals surface area contributed by atoms with E-state index in [4.69, 9.17) is 15.2 Å². The zero-order chi connectivity index (χ0) is 15.0. The minimum Gasteiger partial charge on any atom is -0.465 e. The van der Waals surface area contributed by atoms with Crippen molar-refractivity contribution >= 4 is 11.8 Å². The van der Waals surface area contributed by atoms with Gasteiger partial charge in [0.15, 0.2) is 5.78 Å². The molecule has 0 radical (unpaired) electrons. The fraction of sp³-hybridized carbons (Fsp3) is 0.250. The van der Waals surface area contributed by atoms with Crippen molar-refractivity contribution in [2.45, 2.75) is 18.8 Å². The van der Waals surface area contributed by atoms with Gasteiger partial charge in [-0.1, -0.05) is 30.3 Å². The Bertz CT molecular complexity index is 673. The average Bonchev–Trinajstić information content (AvgIpc) is 2.87. The van der Waals surface area contributed by atoms with Gasteiger partial charge in [-0.25, -0.2) is 4.79 Å². The van der Waals surface area contributed by atoms with E-state index in [1.54, 1.807) is 0 Å². The molecule has 1 heterocycles. The highest BCUT2D eigenvalue weighted by Crippen LogP contribution is 2.44. The highest BCUT2D eigenvalue weighted by Gasteiger charge is 2.42. The van der Waals surface area contributed by atoms with Gasteiger partial charge < -0.3 is 15.2 Å². The number of hydrogen-bond donors (Lipinski definition) is 1. The van der Waals surface area contributed by atoms with Crippen LogP contribution in [0.4, 0.5) is 0 Å². The molecule has 0 unspecified atom stereocenters. The van der Waals surface area contributed by atoms with Crippen molar-refractivity contribution in [2.24, 2.45) is 5.73 Å². The zero-order valence-electron chi connectivity index (χ0n) is 11.6. The van der Waals surface area contributed by atoms with Crippen molar-refractivity contribution in [1.29, 1.82) is 0 Å². The molecule has 1 atom stereocenters. The maximum Gasteiger partial charge on any atom is 0.340 e. The molecule has 21 heavy (non-hydrogen) atoms. The lowest BCUT2D eigenvalue weighted by molar-refractivity contribution is -0.136. The van der Waals surface area contributed by atoms with Gasteiger partial charge >= 0.3 is 5.97 Å². The average molecular weight is 285 g/mol. The fourth-order valence-electron chi connectivity index (χ4n) is 2.86. The number of rotatable bonds is 2. The van der Waals surface area contributed by atoms with Gasteiger partial charge in [-0.05, 0) is 5.56 Å². The molecule has 0 fully saturated rings. The third kappa shape index (κ3) is 2.11. The van der Waals surface area contributed by atoms with E-state index in [1.165, 1.54) is 7.11 Å². The number of Topliss-reactive ketones (excluding diaryl/α,β-unsaturated/α-hetero) is 1. The van der Waals surface area contributed by atoms with Crippen molar-refractivity contribution in [3.8, 4) is 0 Å². The number of carbonyl (C=O) groups excluding carboxylic acids is 2. The summed E-state index contributed by atoms with van der Waals surface area (Å²) in [6, 6.07) is 9.31. The van der Waals surface area contributed by atoms with Crippen molar-refractivity contribution in [3.05, 3.63) is 58.7 Å². The quantitative estimate of drug-likeness (QED) is 0.838. The number of carbonyl (C=O) groups is 2. The number of methoxy groups -OCH3 is 1. The third-order valence-electron chi connectivity index (χ3n) is 3.79. The lowest BCUT2D eigenvalue weighted by Crippen LogP contribution is -2.27. The van der Waals surface area contributed by atoms with Gasteiger partial charge in [-0.3, -0.25) is 4.79 Å². The van der Waals surface area contributed by atoms with Crippen LogP contribution in [-0.4, -0.2) is 18.9 Å². The van der Waals surface area contributed by atoms with Crippen LogP contribution in [0.2, 0.25) is 0 Å². The van der Waals surface area contributed by atoms with E-state index in [0.717, 1.165) is 5.56 Å². The molecule has 2 aliphatic rings. The Balaban J connectivity index is 2.17. The van der Waals surface area contributed by atoms with E-state index < -0.39 is 11.9 Å². The third-order valence-corrected chi connectivity index (χ3v) is 3.79. The predicted octanol–water partition coefficient (Wildman–Crippen LogP) is 1.76. The normalized spacial score (nSPS) is 21.2. The second-order valence-corrected chi connectivity index (χ2v) is 4.98. The fourth-order valence-corrected chi connectivity index (χ4v) is 2.86. The Hall–Kier alpha value is -2.56. The molecule has 0 spiro atoms. The first-order valence-corrected chi connectivity index (χ1v) is 6.70. The first-order chi connectivity index (χ1) is 10.1. The summed E-state index contributed by atoms with van der Waals surface area (Å²) < 4.78 is 10.3. The van der Waals surface area contributed by atoms with Crippen molar-refractivity contribution in [2.75, 3.05) is 7.11 Å². The molecule has 0 saturated carbocycles. The smallest absolute Gasteiger partial charge is 0.340 e. The number of ketones is 1. The second-order valence-electron chi connectivity index (χ2n) is 4.98. The Morgan fingerprint density at radius 3 is 2.67 bits per heavy atom. The summed E-state index contributed by atoms with van der Waals surface area (Å²) in [5.74, 6) is -0.513. The van der Waals surface area contributed by atoms with Gasteiger partial charge in [0.25, 0.3) is 0 Å². The molecular formula is C16H15NO4. The number of nitrogens with two attached hydrogens (primary N) is 1. The molecule has 1 aromatic carbocycles. The number of benzene rings is 1. The number of ether oxygens (including phenoxy) is 2. The van der Waals surface area contributed by atoms with E-state index in [-0.39, 0.29) is 17.2 Å². The highest BCUT2D eigenvalue weighted by atomic mass is 16.5. The molecule has 5 heteroatoms.